The number of nitrogens with one attached hydrogen (secondary N) is 1. The van der Waals surface area contributed by atoms with Crippen molar-refractivity contribution in [3.05, 3.63) is 0 Å². The van der Waals surface area contributed by atoms with Crippen LogP contribution in [0.1, 0.15) is 81.1 Å². The number of carbonyl (C=O) groups is 1. The third-order valence-electron chi connectivity index (χ3n) is 8.00. The van der Waals surface area contributed by atoms with Crippen LogP contribution in [0.3, 0.4) is 0 Å². The first kappa shape index (κ1) is 34.6. The molecule has 2 aliphatic rings. The summed E-state index contributed by atoms with van der Waals surface area (Å²) in [7, 11) is 0.408. The largest absolute Gasteiger partial charge is 0.442 e. The lowest BCUT2D eigenvalue weighted by Gasteiger charge is -2.53. The van der Waals surface area contributed by atoms with E-state index >= 15 is 0 Å². The number of likely N-dealkylation sites (N-methyl/N-ethyl adjacent to an activating group) is 1. The van der Waals surface area contributed by atoms with E-state index in [9.17, 15) is 19.4 Å². The van der Waals surface area contributed by atoms with Crippen molar-refractivity contribution in [2.75, 3.05) is 39.6 Å². The molecule has 0 radical (unpaired) electrons. The van der Waals surface area contributed by atoms with Crippen molar-refractivity contribution in [2.24, 2.45) is 0 Å². The molecule has 230 valence electrons. The van der Waals surface area contributed by atoms with E-state index in [1.54, 1.807) is 0 Å². The Balaban J connectivity index is 2.11. The van der Waals surface area contributed by atoms with Crippen molar-refractivity contribution in [3.63, 3.8) is 0 Å². The van der Waals surface area contributed by atoms with Gasteiger partial charge in [0.1, 0.15) is 14.9 Å². The standard InChI is InChI=1S/C26H52N4O7S2/c1-23(2)13-19(14-24(3,4)29(23)32)28(9)17-21(37-22(31)27-11-12-39(34,38)35-10)18-36-20-15-25(5,6)30(33)26(7,8)16-20/h19-21,32-33H,11-18H2,1-10H3,(H,27,31). The number of piperidine rings is 2. The summed E-state index contributed by atoms with van der Waals surface area (Å²) < 4.78 is 28.9. The van der Waals surface area contributed by atoms with E-state index in [0.29, 0.717) is 19.4 Å². The van der Waals surface area contributed by atoms with Crippen molar-refractivity contribution >= 4 is 26.1 Å². The first-order valence-electron chi connectivity index (χ1n) is 13.6. The van der Waals surface area contributed by atoms with Crippen LogP contribution >= 0.6 is 0 Å². The molecule has 2 unspecified atom stereocenters. The molecular weight excluding hydrogens is 544 g/mol. The fourth-order valence-corrected chi connectivity index (χ4v) is 6.99. The molecule has 2 rings (SSSR count). The topological polar surface area (TPSA) is 124 Å². The highest BCUT2D eigenvalue weighted by atomic mass is 32.8. The summed E-state index contributed by atoms with van der Waals surface area (Å²) in [5.74, 6) is 0.00278. The second-order valence-corrected chi connectivity index (χ2v) is 17.0. The zero-order valence-corrected chi connectivity index (χ0v) is 27.1. The van der Waals surface area contributed by atoms with E-state index in [-0.39, 0.29) is 31.1 Å². The van der Waals surface area contributed by atoms with Crippen LogP contribution in [0.2, 0.25) is 0 Å². The normalized spacial score (nSPS) is 26.2. The molecule has 2 atom stereocenters. The maximum Gasteiger partial charge on any atom is 0.407 e. The van der Waals surface area contributed by atoms with Gasteiger partial charge in [-0.05, 0) is 88.1 Å². The number of hydrogen-bond acceptors (Lipinski definition) is 11. The number of hydrogen-bond donors (Lipinski definition) is 3. The van der Waals surface area contributed by atoms with Gasteiger partial charge >= 0.3 is 6.09 Å². The zero-order valence-electron chi connectivity index (χ0n) is 25.5. The predicted octanol–water partition coefficient (Wildman–Crippen LogP) is 3.16. The van der Waals surface area contributed by atoms with E-state index in [2.05, 4.69) is 10.2 Å². The van der Waals surface area contributed by atoms with E-state index in [4.69, 9.17) is 24.8 Å². The molecule has 3 N–H and O–H groups in total. The zero-order chi connectivity index (χ0) is 30.0. The molecule has 2 heterocycles. The van der Waals surface area contributed by atoms with Crippen molar-refractivity contribution in [1.29, 1.82) is 0 Å². The Morgan fingerprint density at radius 1 is 1.00 bits per heavy atom. The van der Waals surface area contributed by atoms with E-state index in [0.717, 1.165) is 12.8 Å². The van der Waals surface area contributed by atoms with E-state index in [1.165, 1.54) is 17.2 Å². The van der Waals surface area contributed by atoms with Crippen LogP contribution in [0.15, 0.2) is 0 Å². The Labute approximate surface area is 240 Å². The fraction of sp³-hybridized carbons (Fsp3) is 0.962. The molecule has 39 heavy (non-hydrogen) atoms. The highest BCUT2D eigenvalue weighted by Gasteiger charge is 2.47. The van der Waals surface area contributed by atoms with Gasteiger partial charge < -0.3 is 25.2 Å². The number of carbonyl (C=O) groups excluding carboxylic acids is 1. The Morgan fingerprint density at radius 2 is 1.46 bits per heavy atom. The van der Waals surface area contributed by atoms with Gasteiger partial charge in [0, 0.05) is 52.5 Å². The molecule has 13 heteroatoms. The maximum absolute atomic E-state index is 12.7. The number of rotatable bonds is 11. The van der Waals surface area contributed by atoms with Gasteiger partial charge in [-0.3, -0.25) is 9.08 Å². The maximum atomic E-state index is 12.7. The third-order valence-corrected chi connectivity index (χ3v) is 10.1. The van der Waals surface area contributed by atoms with E-state index in [1.807, 2.05) is 62.4 Å². The quantitative estimate of drug-likeness (QED) is 0.326. The molecule has 2 fully saturated rings. The summed E-state index contributed by atoms with van der Waals surface area (Å²) in [4.78, 5) is 14.9. The minimum atomic E-state index is -2.87. The van der Waals surface area contributed by atoms with Crippen molar-refractivity contribution in [3.8, 4) is 0 Å². The summed E-state index contributed by atoms with van der Waals surface area (Å²) in [6.07, 6.45) is 1.39. The predicted molar refractivity (Wildman–Crippen MR) is 154 cm³/mol. The molecule has 0 aromatic carbocycles. The third kappa shape index (κ3) is 9.44. The van der Waals surface area contributed by atoms with Gasteiger partial charge in [-0.1, -0.05) is 0 Å². The van der Waals surface area contributed by atoms with Crippen LogP contribution in [-0.2, 0) is 33.6 Å². The molecule has 2 saturated heterocycles. The van der Waals surface area contributed by atoms with Gasteiger partial charge in [0.15, 0.2) is 0 Å². The lowest BCUT2D eigenvalue weighted by atomic mass is 9.78. The van der Waals surface area contributed by atoms with Crippen LogP contribution in [0.25, 0.3) is 0 Å². The summed E-state index contributed by atoms with van der Waals surface area (Å²) in [6, 6.07) is 0.148. The highest BCUT2D eigenvalue weighted by molar-refractivity contribution is 8.30. The van der Waals surface area contributed by atoms with Crippen LogP contribution in [0.4, 0.5) is 4.79 Å². The van der Waals surface area contributed by atoms with E-state index < -0.39 is 43.1 Å². The van der Waals surface area contributed by atoms with Gasteiger partial charge in [-0.25, -0.2) is 9.00 Å². The van der Waals surface area contributed by atoms with Gasteiger partial charge in [-0.15, -0.1) is 0 Å². The van der Waals surface area contributed by atoms with Crippen LogP contribution in [-0.4, -0.2) is 116 Å². The highest BCUT2D eigenvalue weighted by Crippen LogP contribution is 2.39. The molecule has 11 nitrogen and oxygen atoms in total. The SMILES string of the molecule is COS(=O)(=S)CCNC(=O)OC(COC1CC(C)(C)N(O)C(C)(C)C1)CN(C)C1CC(C)(C)N(O)C(C)(C)C1. The molecule has 0 aromatic rings. The van der Waals surface area contributed by atoms with Gasteiger partial charge in [-0.2, -0.15) is 10.1 Å². The first-order valence-corrected chi connectivity index (χ1v) is 16.2. The molecule has 2 aliphatic heterocycles. The molecule has 0 saturated carbocycles. The molecule has 0 spiro atoms. The Kier molecular flexibility index (Phi) is 11.3. The summed E-state index contributed by atoms with van der Waals surface area (Å²) in [6.45, 7) is 16.7. The monoisotopic (exact) mass is 596 g/mol. The number of amides is 1. The molecule has 0 bridgehead atoms. The second kappa shape index (κ2) is 12.7. The van der Waals surface area contributed by atoms with Crippen LogP contribution in [0, 0.1) is 0 Å². The number of hydroxylamine groups is 4. The molecule has 1 amide bonds. The Hall–Kier alpha value is -0.640. The van der Waals surface area contributed by atoms with Gasteiger partial charge in [0.05, 0.1) is 25.6 Å². The minimum absolute atomic E-state index is 0.00278. The minimum Gasteiger partial charge on any atom is -0.442 e. The van der Waals surface area contributed by atoms with Crippen molar-refractivity contribution in [1.82, 2.24) is 20.3 Å². The Morgan fingerprint density at radius 3 is 1.92 bits per heavy atom. The fourth-order valence-electron chi connectivity index (χ4n) is 6.22. The lowest BCUT2D eigenvalue weighted by Crippen LogP contribution is -2.63. The second-order valence-electron chi connectivity index (χ2n) is 13.6. The number of nitrogens with zero attached hydrogens (tertiary/aromatic N) is 3. The van der Waals surface area contributed by atoms with Crippen LogP contribution < -0.4 is 5.32 Å². The van der Waals surface area contributed by atoms with Crippen molar-refractivity contribution < 1.29 is 33.1 Å². The molecule has 0 aliphatic carbocycles. The Bertz CT molecular complexity index is 907. The summed E-state index contributed by atoms with van der Waals surface area (Å²) >= 11 is 4.86. The lowest BCUT2D eigenvalue weighted by molar-refractivity contribution is -0.262. The average molecular weight is 597 g/mol. The first-order chi connectivity index (χ1) is 17.6. The van der Waals surface area contributed by atoms with Crippen LogP contribution in [0.5, 0.6) is 0 Å². The summed E-state index contributed by atoms with van der Waals surface area (Å²) in [5.41, 5.74) is -1.77. The molecular formula is C26H52N4O7S2. The number of ether oxygens (including phenoxy) is 2. The number of alkyl carbamates (subject to hydrolysis) is 1. The van der Waals surface area contributed by atoms with Gasteiger partial charge in [0.25, 0.3) is 0 Å². The van der Waals surface area contributed by atoms with Crippen molar-refractivity contribution in [2.45, 2.75) is 121 Å². The smallest absolute Gasteiger partial charge is 0.407 e. The summed E-state index contributed by atoms with van der Waals surface area (Å²) in [5, 5.41) is 26.8. The molecule has 0 aromatic heterocycles. The van der Waals surface area contributed by atoms with Gasteiger partial charge in [0.2, 0.25) is 0 Å². The average Bonchev–Trinajstić information content (AvgIpc) is 2.78.